The highest BCUT2D eigenvalue weighted by Gasteiger charge is 2.11. The Labute approximate surface area is 126 Å². The molecule has 0 amide bonds. The van der Waals surface area contributed by atoms with Crippen LogP contribution in [0.25, 0.3) is 21.9 Å². The summed E-state index contributed by atoms with van der Waals surface area (Å²) in [5.74, 6) is 1.98. The maximum atomic E-state index is 5.88. The first kappa shape index (κ1) is 12.6. The number of hydrogen-bond acceptors (Lipinski definition) is 4. The summed E-state index contributed by atoms with van der Waals surface area (Å²) >= 11 is 0. The third-order valence-electron chi connectivity index (χ3n) is 3.53. The van der Waals surface area contributed by atoms with Gasteiger partial charge in [0.25, 0.3) is 0 Å². The molecule has 0 saturated carbocycles. The lowest BCUT2D eigenvalue weighted by molar-refractivity contribution is 0.412. The molecule has 0 radical (unpaired) electrons. The molecule has 2 aromatic heterocycles. The molecule has 0 fully saturated rings. The van der Waals surface area contributed by atoms with Crippen molar-refractivity contribution in [2.24, 2.45) is 0 Å². The van der Waals surface area contributed by atoms with Gasteiger partial charge in [0.05, 0.1) is 7.11 Å². The van der Waals surface area contributed by atoms with Gasteiger partial charge in [-0.15, -0.1) is 0 Å². The number of rotatable bonds is 3. The van der Waals surface area contributed by atoms with Crippen molar-refractivity contribution >= 4 is 21.9 Å². The Morgan fingerprint density at radius 1 is 0.909 bits per heavy atom. The van der Waals surface area contributed by atoms with E-state index in [1.807, 2.05) is 48.5 Å². The van der Waals surface area contributed by atoms with E-state index in [2.05, 4.69) is 15.0 Å². The van der Waals surface area contributed by atoms with Gasteiger partial charge in [0.2, 0.25) is 5.88 Å². The first-order valence-corrected chi connectivity index (χ1v) is 6.88. The summed E-state index contributed by atoms with van der Waals surface area (Å²) in [4.78, 5) is 11.9. The molecule has 0 bridgehead atoms. The van der Waals surface area contributed by atoms with E-state index in [9.17, 15) is 0 Å². The average molecular weight is 291 g/mol. The second kappa shape index (κ2) is 5.04. The molecule has 22 heavy (non-hydrogen) atoms. The fraction of sp³-hybridized carbons (Fsp3) is 0.0588. The molecule has 5 heteroatoms. The van der Waals surface area contributed by atoms with Crippen molar-refractivity contribution in [1.29, 1.82) is 0 Å². The average Bonchev–Trinajstić information content (AvgIpc) is 2.95. The molecule has 1 N–H and O–H groups in total. The van der Waals surface area contributed by atoms with Crippen molar-refractivity contribution in [3.05, 3.63) is 54.9 Å². The van der Waals surface area contributed by atoms with E-state index in [1.165, 1.54) is 6.33 Å². The second-order valence-electron chi connectivity index (χ2n) is 4.85. The number of para-hydroxylation sites is 1. The Morgan fingerprint density at radius 3 is 2.50 bits per heavy atom. The minimum Gasteiger partial charge on any atom is -0.497 e. The van der Waals surface area contributed by atoms with E-state index in [1.54, 1.807) is 7.11 Å². The molecule has 0 aliphatic heterocycles. The fourth-order valence-electron chi connectivity index (χ4n) is 2.45. The number of hydrogen-bond donors (Lipinski definition) is 1. The largest absolute Gasteiger partial charge is 0.497 e. The molecule has 5 nitrogen and oxygen atoms in total. The lowest BCUT2D eigenvalue weighted by Gasteiger charge is -2.06. The molecule has 0 atom stereocenters. The van der Waals surface area contributed by atoms with Crippen LogP contribution in [-0.4, -0.2) is 22.1 Å². The Kier molecular flexibility index (Phi) is 2.89. The Bertz CT molecular complexity index is 945. The number of fused-ring (bicyclic) bond motifs is 3. The van der Waals surface area contributed by atoms with Crippen LogP contribution in [0.5, 0.6) is 17.4 Å². The minimum absolute atomic E-state index is 0.506. The molecular weight excluding hydrogens is 278 g/mol. The standard InChI is InChI=1S/C17H13N3O2/c1-21-11-6-8-12(9-7-11)22-17-16-15(18-10-19-17)13-4-2-3-5-14(13)20-16/h2-10,20H,1H3. The molecular formula is C17H13N3O2. The molecule has 2 heterocycles. The van der Waals surface area contributed by atoms with Crippen molar-refractivity contribution in [3.63, 3.8) is 0 Å². The van der Waals surface area contributed by atoms with Gasteiger partial charge in [-0.1, -0.05) is 18.2 Å². The molecule has 0 unspecified atom stereocenters. The van der Waals surface area contributed by atoms with Crippen LogP contribution in [0.1, 0.15) is 0 Å². The zero-order valence-corrected chi connectivity index (χ0v) is 11.9. The van der Waals surface area contributed by atoms with E-state index in [-0.39, 0.29) is 0 Å². The van der Waals surface area contributed by atoms with E-state index in [0.717, 1.165) is 27.7 Å². The van der Waals surface area contributed by atoms with Crippen LogP contribution in [0.3, 0.4) is 0 Å². The monoisotopic (exact) mass is 291 g/mol. The number of nitrogens with one attached hydrogen (secondary N) is 1. The number of aromatic amines is 1. The number of methoxy groups -OCH3 is 1. The molecule has 2 aromatic carbocycles. The molecule has 0 aliphatic carbocycles. The normalized spacial score (nSPS) is 11.0. The predicted octanol–water partition coefficient (Wildman–Crippen LogP) is 3.91. The minimum atomic E-state index is 0.506. The van der Waals surface area contributed by atoms with E-state index in [4.69, 9.17) is 9.47 Å². The van der Waals surface area contributed by atoms with Crippen LogP contribution in [0, 0.1) is 0 Å². The Balaban J connectivity index is 1.80. The van der Waals surface area contributed by atoms with Gasteiger partial charge >= 0.3 is 0 Å². The highest BCUT2D eigenvalue weighted by Crippen LogP contribution is 2.31. The molecule has 4 aromatic rings. The van der Waals surface area contributed by atoms with E-state index < -0.39 is 0 Å². The SMILES string of the molecule is COc1ccc(Oc2ncnc3c2[nH]c2ccccc23)cc1. The molecule has 4 rings (SSSR count). The zero-order chi connectivity index (χ0) is 14.9. The van der Waals surface area contributed by atoms with Gasteiger partial charge in [0.15, 0.2) is 0 Å². The number of H-pyrrole nitrogens is 1. The summed E-state index contributed by atoms with van der Waals surface area (Å²) in [7, 11) is 1.63. The van der Waals surface area contributed by atoms with Gasteiger partial charge in [-0.05, 0) is 30.3 Å². The van der Waals surface area contributed by atoms with Crippen LogP contribution < -0.4 is 9.47 Å². The third-order valence-corrected chi connectivity index (χ3v) is 3.53. The van der Waals surface area contributed by atoms with Gasteiger partial charge in [0.1, 0.15) is 28.9 Å². The van der Waals surface area contributed by atoms with Crippen LogP contribution in [0.2, 0.25) is 0 Å². The fourth-order valence-corrected chi connectivity index (χ4v) is 2.45. The molecule has 0 aliphatic rings. The molecule has 0 saturated heterocycles. The first-order valence-electron chi connectivity index (χ1n) is 6.88. The van der Waals surface area contributed by atoms with Gasteiger partial charge < -0.3 is 14.5 Å². The van der Waals surface area contributed by atoms with Crippen molar-refractivity contribution in [2.45, 2.75) is 0 Å². The van der Waals surface area contributed by atoms with Crippen LogP contribution in [-0.2, 0) is 0 Å². The molecule has 0 spiro atoms. The van der Waals surface area contributed by atoms with E-state index >= 15 is 0 Å². The highest BCUT2D eigenvalue weighted by atomic mass is 16.5. The Hall–Kier alpha value is -3.08. The maximum absolute atomic E-state index is 5.88. The smallest absolute Gasteiger partial charge is 0.247 e. The van der Waals surface area contributed by atoms with Crippen molar-refractivity contribution in [1.82, 2.24) is 15.0 Å². The lowest BCUT2D eigenvalue weighted by Crippen LogP contribution is -1.91. The first-order chi connectivity index (χ1) is 10.8. The van der Waals surface area contributed by atoms with Crippen LogP contribution in [0.4, 0.5) is 0 Å². The lowest BCUT2D eigenvalue weighted by atomic mass is 10.2. The maximum Gasteiger partial charge on any atom is 0.247 e. The Morgan fingerprint density at radius 2 is 1.68 bits per heavy atom. The van der Waals surface area contributed by atoms with Gasteiger partial charge in [-0.2, -0.15) is 4.98 Å². The van der Waals surface area contributed by atoms with Gasteiger partial charge in [-0.25, -0.2) is 4.98 Å². The van der Waals surface area contributed by atoms with Gasteiger partial charge in [0, 0.05) is 10.9 Å². The highest BCUT2D eigenvalue weighted by molar-refractivity contribution is 6.06. The number of ether oxygens (including phenoxy) is 2. The predicted molar refractivity (Wildman–Crippen MR) is 84.5 cm³/mol. The summed E-state index contributed by atoms with van der Waals surface area (Å²) in [6.45, 7) is 0. The number of nitrogens with zero attached hydrogens (tertiary/aromatic N) is 2. The van der Waals surface area contributed by atoms with Crippen molar-refractivity contribution in [3.8, 4) is 17.4 Å². The second-order valence-corrected chi connectivity index (χ2v) is 4.85. The van der Waals surface area contributed by atoms with E-state index in [0.29, 0.717) is 11.6 Å². The van der Waals surface area contributed by atoms with Crippen LogP contribution in [0.15, 0.2) is 54.9 Å². The number of aromatic nitrogens is 3. The summed E-state index contributed by atoms with van der Waals surface area (Å²) in [6.07, 6.45) is 1.52. The van der Waals surface area contributed by atoms with Crippen LogP contribution >= 0.6 is 0 Å². The summed E-state index contributed by atoms with van der Waals surface area (Å²) in [5.41, 5.74) is 2.66. The zero-order valence-electron chi connectivity index (χ0n) is 11.9. The quantitative estimate of drug-likeness (QED) is 0.621. The van der Waals surface area contributed by atoms with Crippen molar-refractivity contribution < 1.29 is 9.47 Å². The third kappa shape index (κ3) is 2.03. The summed E-state index contributed by atoms with van der Waals surface area (Å²) < 4.78 is 11.0. The van der Waals surface area contributed by atoms with Gasteiger partial charge in [-0.3, -0.25) is 0 Å². The molecule has 108 valence electrons. The number of benzene rings is 2. The summed E-state index contributed by atoms with van der Waals surface area (Å²) in [6, 6.07) is 15.4. The summed E-state index contributed by atoms with van der Waals surface area (Å²) in [5, 5.41) is 1.06. The topological polar surface area (TPSA) is 60.0 Å². The van der Waals surface area contributed by atoms with Crippen molar-refractivity contribution in [2.75, 3.05) is 7.11 Å².